The molecule has 1 rings (SSSR count). The SMILES string of the molecule is CC(C)OP(=O)(OC(C)C)[C@@H]1CCCS1=O. The molecule has 0 N–H and O–H groups in total. The summed E-state index contributed by atoms with van der Waals surface area (Å²) >= 11 is 0. The molecule has 1 heterocycles. The normalized spacial score (nSPS) is 26.9. The lowest BCUT2D eigenvalue weighted by Gasteiger charge is -2.26. The first-order valence-electron chi connectivity index (χ1n) is 5.69. The molecule has 4 nitrogen and oxygen atoms in total. The van der Waals surface area contributed by atoms with Crippen LogP contribution in [-0.4, -0.2) is 27.2 Å². The minimum Gasteiger partial charge on any atom is -0.305 e. The largest absolute Gasteiger partial charge is 0.346 e. The molecule has 1 unspecified atom stereocenters. The van der Waals surface area contributed by atoms with E-state index in [1.807, 2.05) is 27.7 Å². The van der Waals surface area contributed by atoms with Crippen molar-refractivity contribution in [2.45, 2.75) is 57.7 Å². The Kier molecular flexibility index (Phi) is 5.17. The minimum absolute atomic E-state index is 0.179. The lowest BCUT2D eigenvalue weighted by atomic mass is 10.4. The van der Waals surface area contributed by atoms with E-state index in [1.54, 1.807) is 0 Å². The van der Waals surface area contributed by atoms with Gasteiger partial charge in [-0.15, -0.1) is 0 Å². The smallest absolute Gasteiger partial charge is 0.305 e. The van der Waals surface area contributed by atoms with E-state index >= 15 is 0 Å². The molecule has 16 heavy (non-hydrogen) atoms. The van der Waals surface area contributed by atoms with Crippen LogP contribution < -0.4 is 0 Å². The second-order valence-corrected chi connectivity index (χ2v) is 8.74. The molecule has 0 bridgehead atoms. The fraction of sp³-hybridized carbons (Fsp3) is 1.00. The third-order valence-electron chi connectivity index (χ3n) is 2.17. The van der Waals surface area contributed by atoms with Gasteiger partial charge >= 0.3 is 7.60 Å². The Morgan fingerprint density at radius 1 is 1.19 bits per heavy atom. The first kappa shape index (κ1) is 14.4. The highest BCUT2D eigenvalue weighted by atomic mass is 32.2. The van der Waals surface area contributed by atoms with Crippen molar-refractivity contribution in [3.05, 3.63) is 0 Å². The zero-order chi connectivity index (χ0) is 12.3. The molecule has 0 aromatic rings. The van der Waals surface area contributed by atoms with Crippen LogP contribution in [0.5, 0.6) is 0 Å². The molecule has 1 fully saturated rings. The fourth-order valence-corrected chi connectivity index (χ4v) is 6.63. The van der Waals surface area contributed by atoms with Crippen LogP contribution in [0.15, 0.2) is 0 Å². The van der Waals surface area contributed by atoms with Crippen LogP contribution in [0, 0.1) is 0 Å². The average Bonchev–Trinajstić information content (AvgIpc) is 2.48. The molecule has 0 spiro atoms. The van der Waals surface area contributed by atoms with Crippen molar-refractivity contribution in [1.29, 1.82) is 0 Å². The summed E-state index contributed by atoms with van der Waals surface area (Å²) in [6.07, 6.45) is 1.15. The summed E-state index contributed by atoms with van der Waals surface area (Å²) in [6.45, 7) is 7.25. The van der Waals surface area contributed by atoms with Gasteiger partial charge in [0.05, 0.1) is 12.2 Å². The first-order chi connectivity index (χ1) is 7.35. The molecule has 1 aliphatic heterocycles. The van der Waals surface area contributed by atoms with Gasteiger partial charge in [-0.25, -0.2) is 0 Å². The Balaban J connectivity index is 2.85. The molecule has 0 amide bonds. The predicted molar refractivity (Wildman–Crippen MR) is 66.1 cm³/mol. The summed E-state index contributed by atoms with van der Waals surface area (Å²) < 4.78 is 35.3. The Morgan fingerprint density at radius 3 is 2.00 bits per heavy atom. The van der Waals surface area contributed by atoms with E-state index in [-0.39, 0.29) is 12.2 Å². The summed E-state index contributed by atoms with van der Waals surface area (Å²) in [5.41, 5.74) is 0. The maximum Gasteiger partial charge on any atom is 0.346 e. The summed E-state index contributed by atoms with van der Waals surface area (Å²) in [6, 6.07) is 0. The van der Waals surface area contributed by atoms with Crippen molar-refractivity contribution < 1.29 is 17.8 Å². The van der Waals surface area contributed by atoms with E-state index in [0.717, 1.165) is 6.42 Å². The predicted octanol–water partition coefficient (Wildman–Crippen LogP) is 2.90. The zero-order valence-electron chi connectivity index (χ0n) is 10.3. The minimum atomic E-state index is -3.24. The van der Waals surface area contributed by atoms with E-state index in [9.17, 15) is 8.77 Å². The van der Waals surface area contributed by atoms with Gasteiger partial charge in [0.2, 0.25) is 0 Å². The van der Waals surface area contributed by atoms with Crippen LogP contribution >= 0.6 is 7.60 Å². The van der Waals surface area contributed by atoms with E-state index in [2.05, 4.69) is 0 Å². The molecule has 2 atom stereocenters. The van der Waals surface area contributed by atoms with Gasteiger partial charge in [0.15, 0.2) is 0 Å². The molecular weight excluding hydrogens is 247 g/mol. The monoisotopic (exact) mass is 268 g/mol. The molecule has 6 heteroatoms. The van der Waals surface area contributed by atoms with E-state index in [1.165, 1.54) is 0 Å². The highest BCUT2D eigenvalue weighted by molar-refractivity contribution is 7.93. The van der Waals surface area contributed by atoms with Crippen LogP contribution in [0.4, 0.5) is 0 Å². The van der Waals surface area contributed by atoms with E-state index in [0.29, 0.717) is 12.2 Å². The van der Waals surface area contributed by atoms with Crippen molar-refractivity contribution in [2.75, 3.05) is 5.75 Å². The molecule has 0 aromatic heterocycles. The Hall–Kier alpha value is 0.300. The molecule has 0 aliphatic carbocycles. The highest BCUT2D eigenvalue weighted by Crippen LogP contribution is 2.59. The van der Waals surface area contributed by atoms with Gasteiger partial charge in [0.1, 0.15) is 4.99 Å². The first-order valence-corrected chi connectivity index (χ1v) is 8.68. The zero-order valence-corrected chi connectivity index (χ0v) is 12.1. The van der Waals surface area contributed by atoms with Crippen molar-refractivity contribution in [3.63, 3.8) is 0 Å². The van der Waals surface area contributed by atoms with Gasteiger partial charge in [0.25, 0.3) is 0 Å². The quantitative estimate of drug-likeness (QED) is 0.719. The van der Waals surface area contributed by atoms with Crippen molar-refractivity contribution in [1.82, 2.24) is 0 Å². The summed E-state index contributed by atoms with van der Waals surface area (Å²) in [7, 11) is -4.31. The van der Waals surface area contributed by atoms with Crippen molar-refractivity contribution in [3.8, 4) is 0 Å². The Labute approximate surface area is 100 Å². The third kappa shape index (κ3) is 3.66. The molecule has 96 valence electrons. The average molecular weight is 268 g/mol. The van der Waals surface area contributed by atoms with Gasteiger partial charge in [-0.05, 0) is 40.5 Å². The van der Waals surface area contributed by atoms with Gasteiger partial charge < -0.3 is 9.05 Å². The molecule has 1 aliphatic rings. The molecule has 0 aromatic carbocycles. The molecule has 0 saturated carbocycles. The van der Waals surface area contributed by atoms with Gasteiger partial charge in [-0.3, -0.25) is 8.77 Å². The second-order valence-electron chi connectivity index (χ2n) is 4.53. The molecule has 0 radical (unpaired) electrons. The topological polar surface area (TPSA) is 52.6 Å². The number of hydrogen-bond acceptors (Lipinski definition) is 4. The maximum absolute atomic E-state index is 12.6. The third-order valence-corrected chi connectivity index (χ3v) is 7.58. The number of hydrogen-bond donors (Lipinski definition) is 0. The second kappa shape index (κ2) is 5.76. The summed E-state index contributed by atoms with van der Waals surface area (Å²) in [5.74, 6) is 0.609. The van der Waals surface area contributed by atoms with Crippen LogP contribution in [0.1, 0.15) is 40.5 Å². The maximum atomic E-state index is 12.6. The molecule has 1 saturated heterocycles. The Bertz CT molecular complexity index is 289. The van der Waals surface area contributed by atoms with Crippen LogP contribution in [0.25, 0.3) is 0 Å². The van der Waals surface area contributed by atoms with Gasteiger partial charge in [0, 0.05) is 16.6 Å². The molecular formula is C10H21O4PS. The van der Waals surface area contributed by atoms with E-state index in [4.69, 9.17) is 9.05 Å². The van der Waals surface area contributed by atoms with Crippen LogP contribution in [0.2, 0.25) is 0 Å². The van der Waals surface area contributed by atoms with Crippen LogP contribution in [0.3, 0.4) is 0 Å². The van der Waals surface area contributed by atoms with Crippen molar-refractivity contribution >= 4 is 18.4 Å². The lowest BCUT2D eigenvalue weighted by molar-refractivity contribution is 0.140. The van der Waals surface area contributed by atoms with Crippen LogP contribution in [-0.2, 0) is 24.4 Å². The summed E-state index contributed by atoms with van der Waals surface area (Å²) in [4.78, 5) is -0.433. The standard InChI is InChI=1S/C10H21O4PS/c1-8(2)13-15(11,14-9(3)4)10-6-5-7-16(10)12/h8-10H,5-7H2,1-4H3/t10-,16?/m0/s1. The van der Waals surface area contributed by atoms with Gasteiger partial charge in [-0.1, -0.05) is 0 Å². The Morgan fingerprint density at radius 2 is 1.69 bits per heavy atom. The number of rotatable bonds is 5. The lowest BCUT2D eigenvalue weighted by Crippen LogP contribution is -2.19. The van der Waals surface area contributed by atoms with Crippen molar-refractivity contribution in [2.24, 2.45) is 0 Å². The van der Waals surface area contributed by atoms with Gasteiger partial charge in [-0.2, -0.15) is 0 Å². The summed E-state index contributed by atoms with van der Waals surface area (Å²) in [5, 5.41) is 0. The fourth-order valence-electron chi connectivity index (χ4n) is 1.72. The van der Waals surface area contributed by atoms with E-state index < -0.39 is 23.4 Å². The highest BCUT2D eigenvalue weighted by Gasteiger charge is 2.44.